The largest absolute Gasteiger partial charge is 0.373 e. The van der Waals surface area contributed by atoms with Gasteiger partial charge >= 0.3 is 0 Å². The molecule has 0 bridgehead atoms. The quantitative estimate of drug-likeness (QED) is 0.924. The van der Waals surface area contributed by atoms with Gasteiger partial charge in [-0.3, -0.25) is 4.98 Å². The average Bonchev–Trinajstić information content (AvgIpc) is 2.92. The molecule has 1 aliphatic heterocycles. The minimum absolute atomic E-state index is 0.125. The summed E-state index contributed by atoms with van der Waals surface area (Å²) >= 11 is 0. The number of fused-ring (bicyclic) bond motifs is 1. The standard InChI is InChI=1S/C17H22N2O/c1-3-19-16(17(2)9-5-11-20-17)14-7-4-6-13-8-10-18-12-15(13)14/h4,6-8,10,12,16,19H,3,5,9,11H2,1-2H3. The van der Waals surface area contributed by atoms with Crippen LogP contribution in [0.25, 0.3) is 10.8 Å². The monoisotopic (exact) mass is 270 g/mol. The van der Waals surface area contributed by atoms with Gasteiger partial charge in [-0.1, -0.05) is 25.1 Å². The van der Waals surface area contributed by atoms with Crippen LogP contribution in [0.2, 0.25) is 0 Å². The number of hydrogen-bond donors (Lipinski definition) is 1. The van der Waals surface area contributed by atoms with Crippen LogP contribution in [0.4, 0.5) is 0 Å². The summed E-state index contributed by atoms with van der Waals surface area (Å²) in [4.78, 5) is 4.30. The van der Waals surface area contributed by atoms with Crippen molar-refractivity contribution in [1.29, 1.82) is 0 Å². The fraction of sp³-hybridized carbons (Fsp3) is 0.471. The Morgan fingerprint density at radius 3 is 3.05 bits per heavy atom. The molecule has 106 valence electrons. The Kier molecular flexibility index (Phi) is 3.72. The number of aromatic nitrogens is 1. The van der Waals surface area contributed by atoms with Crippen LogP contribution in [-0.2, 0) is 4.74 Å². The first-order valence-corrected chi connectivity index (χ1v) is 7.44. The SMILES string of the molecule is CCNC(c1cccc2ccncc12)C1(C)CCCO1. The van der Waals surface area contributed by atoms with Gasteiger partial charge in [-0.25, -0.2) is 0 Å². The van der Waals surface area contributed by atoms with E-state index in [-0.39, 0.29) is 11.6 Å². The van der Waals surface area contributed by atoms with E-state index in [0.29, 0.717) is 0 Å². The molecule has 2 aromatic rings. The third-order valence-electron chi connectivity index (χ3n) is 4.30. The van der Waals surface area contributed by atoms with Gasteiger partial charge in [0.2, 0.25) is 0 Å². The Bertz CT molecular complexity index is 585. The number of rotatable bonds is 4. The van der Waals surface area contributed by atoms with Gasteiger partial charge in [-0.05, 0) is 43.3 Å². The van der Waals surface area contributed by atoms with Gasteiger partial charge in [0.05, 0.1) is 11.6 Å². The first kappa shape index (κ1) is 13.5. The Morgan fingerprint density at radius 1 is 1.40 bits per heavy atom. The molecule has 1 aromatic heterocycles. The number of nitrogens with one attached hydrogen (secondary N) is 1. The van der Waals surface area contributed by atoms with Crippen molar-refractivity contribution in [1.82, 2.24) is 10.3 Å². The Hall–Kier alpha value is -1.45. The van der Waals surface area contributed by atoms with Crippen LogP contribution in [0, 0.1) is 0 Å². The van der Waals surface area contributed by atoms with Crippen molar-refractivity contribution < 1.29 is 4.74 Å². The van der Waals surface area contributed by atoms with Gasteiger partial charge in [0, 0.05) is 24.4 Å². The highest BCUT2D eigenvalue weighted by Gasteiger charge is 2.39. The van der Waals surface area contributed by atoms with Gasteiger partial charge in [-0.2, -0.15) is 0 Å². The second-order valence-electron chi connectivity index (χ2n) is 5.70. The van der Waals surface area contributed by atoms with Crippen molar-refractivity contribution in [3.63, 3.8) is 0 Å². The van der Waals surface area contributed by atoms with Crippen molar-refractivity contribution >= 4 is 10.8 Å². The molecular formula is C17H22N2O. The summed E-state index contributed by atoms with van der Waals surface area (Å²) in [6, 6.07) is 8.74. The van der Waals surface area contributed by atoms with Crippen LogP contribution in [0.3, 0.4) is 0 Å². The lowest BCUT2D eigenvalue weighted by molar-refractivity contribution is -0.0117. The molecule has 1 aromatic carbocycles. The molecule has 1 saturated heterocycles. The van der Waals surface area contributed by atoms with E-state index in [2.05, 4.69) is 48.4 Å². The summed E-state index contributed by atoms with van der Waals surface area (Å²) < 4.78 is 6.08. The minimum atomic E-state index is -0.125. The number of likely N-dealkylation sites (N-methyl/N-ethyl adjacent to an activating group) is 1. The summed E-state index contributed by atoms with van der Waals surface area (Å²) in [6.45, 7) is 6.17. The predicted octanol–water partition coefficient (Wildman–Crippen LogP) is 3.45. The fourth-order valence-electron chi connectivity index (χ4n) is 3.28. The molecule has 0 aliphatic carbocycles. The summed E-state index contributed by atoms with van der Waals surface area (Å²) in [5.41, 5.74) is 1.17. The molecule has 2 heterocycles. The highest BCUT2D eigenvalue weighted by Crippen LogP contribution is 2.39. The highest BCUT2D eigenvalue weighted by atomic mass is 16.5. The molecule has 20 heavy (non-hydrogen) atoms. The first-order valence-electron chi connectivity index (χ1n) is 7.44. The number of pyridine rings is 1. The lowest BCUT2D eigenvalue weighted by Crippen LogP contribution is -2.41. The van der Waals surface area contributed by atoms with Crippen molar-refractivity contribution in [3.8, 4) is 0 Å². The molecule has 3 nitrogen and oxygen atoms in total. The van der Waals surface area contributed by atoms with Crippen LogP contribution in [-0.4, -0.2) is 23.7 Å². The molecule has 1 fully saturated rings. The lowest BCUT2D eigenvalue weighted by atomic mass is 9.85. The van der Waals surface area contributed by atoms with Crippen LogP contribution in [0.1, 0.15) is 38.3 Å². The van der Waals surface area contributed by atoms with Crippen LogP contribution < -0.4 is 5.32 Å². The maximum Gasteiger partial charge on any atom is 0.0849 e. The van der Waals surface area contributed by atoms with Gasteiger partial charge < -0.3 is 10.1 Å². The third kappa shape index (κ3) is 2.32. The zero-order valence-corrected chi connectivity index (χ0v) is 12.2. The van der Waals surface area contributed by atoms with E-state index in [9.17, 15) is 0 Å². The molecule has 3 rings (SSSR count). The first-order chi connectivity index (χ1) is 9.74. The summed E-state index contributed by atoms with van der Waals surface area (Å²) in [6.07, 6.45) is 6.05. The fourth-order valence-corrected chi connectivity index (χ4v) is 3.28. The minimum Gasteiger partial charge on any atom is -0.373 e. The summed E-state index contributed by atoms with van der Waals surface area (Å²) in [5, 5.41) is 6.08. The predicted molar refractivity (Wildman–Crippen MR) is 81.8 cm³/mol. The second kappa shape index (κ2) is 5.51. The molecular weight excluding hydrogens is 248 g/mol. The van der Waals surface area contributed by atoms with Gasteiger partial charge in [0.25, 0.3) is 0 Å². The smallest absolute Gasteiger partial charge is 0.0849 e. The van der Waals surface area contributed by atoms with E-state index >= 15 is 0 Å². The van der Waals surface area contributed by atoms with E-state index in [4.69, 9.17) is 4.74 Å². The van der Waals surface area contributed by atoms with E-state index in [1.54, 1.807) is 0 Å². The number of benzene rings is 1. The zero-order valence-electron chi connectivity index (χ0n) is 12.2. The molecule has 0 amide bonds. The van der Waals surface area contributed by atoms with E-state index in [1.807, 2.05) is 12.4 Å². The molecule has 0 saturated carbocycles. The maximum absolute atomic E-state index is 6.08. The van der Waals surface area contributed by atoms with Crippen LogP contribution in [0.5, 0.6) is 0 Å². The molecule has 2 atom stereocenters. The molecule has 1 N–H and O–H groups in total. The highest BCUT2D eigenvalue weighted by molar-refractivity contribution is 5.85. The average molecular weight is 270 g/mol. The van der Waals surface area contributed by atoms with Gasteiger partial charge in [0.1, 0.15) is 0 Å². The lowest BCUT2D eigenvalue weighted by Gasteiger charge is -2.35. The van der Waals surface area contributed by atoms with Crippen molar-refractivity contribution in [3.05, 3.63) is 42.2 Å². The zero-order chi connectivity index (χ0) is 14.0. The number of hydrogen-bond acceptors (Lipinski definition) is 3. The topological polar surface area (TPSA) is 34.2 Å². The van der Waals surface area contributed by atoms with E-state index in [1.165, 1.54) is 16.3 Å². The Labute approximate surface area is 120 Å². The number of nitrogens with zero attached hydrogens (tertiary/aromatic N) is 1. The van der Waals surface area contributed by atoms with E-state index in [0.717, 1.165) is 26.0 Å². The van der Waals surface area contributed by atoms with Crippen molar-refractivity contribution in [2.24, 2.45) is 0 Å². The Balaban J connectivity index is 2.09. The molecule has 0 radical (unpaired) electrons. The summed E-state index contributed by atoms with van der Waals surface area (Å²) in [7, 11) is 0. The maximum atomic E-state index is 6.08. The van der Waals surface area contributed by atoms with Crippen molar-refractivity contribution in [2.75, 3.05) is 13.2 Å². The molecule has 3 heteroatoms. The molecule has 2 unspecified atom stereocenters. The third-order valence-corrected chi connectivity index (χ3v) is 4.30. The number of ether oxygens (including phenoxy) is 1. The van der Waals surface area contributed by atoms with Crippen LogP contribution >= 0.6 is 0 Å². The Morgan fingerprint density at radius 2 is 2.30 bits per heavy atom. The second-order valence-corrected chi connectivity index (χ2v) is 5.70. The summed E-state index contributed by atoms with van der Waals surface area (Å²) in [5.74, 6) is 0. The molecule has 0 spiro atoms. The van der Waals surface area contributed by atoms with Gasteiger partial charge in [-0.15, -0.1) is 0 Å². The normalized spacial score (nSPS) is 24.1. The van der Waals surface area contributed by atoms with Crippen molar-refractivity contribution in [2.45, 2.75) is 38.3 Å². The van der Waals surface area contributed by atoms with E-state index < -0.39 is 0 Å². The van der Waals surface area contributed by atoms with Crippen LogP contribution in [0.15, 0.2) is 36.7 Å². The molecule has 1 aliphatic rings. The van der Waals surface area contributed by atoms with Gasteiger partial charge in [0.15, 0.2) is 0 Å².